The average molecular weight is 458 g/mol. The van der Waals surface area contributed by atoms with Crippen molar-refractivity contribution in [3.8, 4) is 11.1 Å². The lowest BCUT2D eigenvalue weighted by molar-refractivity contribution is -0.142. The minimum absolute atomic E-state index is 0.0437. The topological polar surface area (TPSA) is 92.3 Å². The number of ether oxygens (including phenoxy) is 5. The van der Waals surface area contributed by atoms with E-state index < -0.39 is 6.09 Å². The van der Waals surface area contributed by atoms with Crippen molar-refractivity contribution in [2.45, 2.75) is 12.8 Å². The molecule has 33 heavy (non-hydrogen) atoms. The maximum Gasteiger partial charge on any atom is 0.407 e. The highest BCUT2D eigenvalue weighted by Gasteiger charge is 2.28. The highest BCUT2D eigenvalue weighted by molar-refractivity contribution is 5.79. The molecule has 178 valence electrons. The molecule has 0 spiro atoms. The van der Waals surface area contributed by atoms with Crippen LogP contribution in [0.2, 0.25) is 0 Å². The molecule has 3 rings (SSSR count). The lowest BCUT2D eigenvalue weighted by Gasteiger charge is -2.14. The van der Waals surface area contributed by atoms with Gasteiger partial charge in [0.1, 0.15) is 13.2 Å². The molecule has 0 aromatic heterocycles. The number of alkyl carbamates (subject to hydrolysis) is 1. The first-order chi connectivity index (χ1) is 16.2. The summed E-state index contributed by atoms with van der Waals surface area (Å²) in [6.07, 6.45) is -0.456. The number of amides is 1. The van der Waals surface area contributed by atoms with Gasteiger partial charge in [-0.2, -0.15) is 0 Å². The van der Waals surface area contributed by atoms with E-state index >= 15 is 0 Å². The Kier molecular flexibility index (Phi) is 10.2. The third kappa shape index (κ3) is 7.85. The number of fused-ring (bicyclic) bond motifs is 3. The maximum atomic E-state index is 12.1. The second-order valence-corrected chi connectivity index (χ2v) is 7.43. The van der Waals surface area contributed by atoms with Crippen molar-refractivity contribution in [3.63, 3.8) is 0 Å². The molecule has 0 saturated carbocycles. The largest absolute Gasteiger partial charge is 0.463 e. The van der Waals surface area contributed by atoms with Crippen LogP contribution in [0.1, 0.15) is 24.0 Å². The minimum atomic E-state index is -0.456. The molecule has 1 aliphatic rings. The van der Waals surface area contributed by atoms with Gasteiger partial charge in [-0.05, 0) is 22.3 Å². The summed E-state index contributed by atoms with van der Waals surface area (Å²) in [5.41, 5.74) is 4.77. The highest BCUT2D eigenvalue weighted by atomic mass is 16.6. The lowest BCUT2D eigenvalue weighted by atomic mass is 9.98. The van der Waals surface area contributed by atoms with Gasteiger partial charge in [0, 0.05) is 19.4 Å². The van der Waals surface area contributed by atoms with E-state index in [4.69, 9.17) is 23.7 Å². The Morgan fingerprint density at radius 2 is 1.24 bits per heavy atom. The Balaban J connectivity index is 1.21. The van der Waals surface area contributed by atoms with E-state index in [-0.39, 0.29) is 25.1 Å². The first-order valence-corrected chi connectivity index (χ1v) is 11.1. The van der Waals surface area contributed by atoms with Crippen molar-refractivity contribution >= 4 is 12.1 Å². The summed E-state index contributed by atoms with van der Waals surface area (Å²) in [6.45, 7) is 4.66. The van der Waals surface area contributed by atoms with Crippen LogP contribution in [0, 0.1) is 0 Å². The van der Waals surface area contributed by atoms with E-state index in [0.717, 1.165) is 0 Å². The molecule has 0 aliphatic heterocycles. The zero-order chi connectivity index (χ0) is 23.3. The van der Waals surface area contributed by atoms with Gasteiger partial charge in [-0.25, -0.2) is 4.79 Å². The van der Waals surface area contributed by atoms with Crippen molar-refractivity contribution in [2.24, 2.45) is 0 Å². The zero-order valence-corrected chi connectivity index (χ0v) is 18.9. The monoisotopic (exact) mass is 457 g/mol. The third-order valence-electron chi connectivity index (χ3n) is 5.14. The number of hydrogen-bond acceptors (Lipinski definition) is 7. The van der Waals surface area contributed by atoms with Gasteiger partial charge in [0.15, 0.2) is 0 Å². The van der Waals surface area contributed by atoms with Crippen LogP contribution in [0.25, 0.3) is 11.1 Å². The van der Waals surface area contributed by atoms with Crippen LogP contribution >= 0.6 is 0 Å². The standard InChI is InChI=1S/C25H31NO7/c1-19(27)32-17-16-31-15-14-30-13-12-29-11-10-26-25(28)33-18-24-22-8-4-2-6-20(22)21-7-3-5-9-23(21)24/h2-9,24H,10-18H2,1H3,(H,26,28). The zero-order valence-electron chi connectivity index (χ0n) is 18.9. The maximum absolute atomic E-state index is 12.1. The van der Waals surface area contributed by atoms with Gasteiger partial charge in [0.25, 0.3) is 0 Å². The second-order valence-electron chi connectivity index (χ2n) is 7.43. The Labute approximate surface area is 194 Å². The Morgan fingerprint density at radius 1 is 0.727 bits per heavy atom. The number of carbonyl (C=O) groups is 2. The smallest absolute Gasteiger partial charge is 0.407 e. The van der Waals surface area contributed by atoms with Crippen LogP contribution in [0.5, 0.6) is 0 Å². The van der Waals surface area contributed by atoms with Gasteiger partial charge in [-0.3, -0.25) is 4.79 Å². The predicted octanol–water partition coefficient (Wildman–Crippen LogP) is 3.14. The minimum Gasteiger partial charge on any atom is -0.463 e. The van der Waals surface area contributed by atoms with Gasteiger partial charge in [0.2, 0.25) is 0 Å². The van der Waals surface area contributed by atoms with Crippen molar-refractivity contribution < 1.29 is 33.3 Å². The molecule has 8 heteroatoms. The lowest BCUT2D eigenvalue weighted by Crippen LogP contribution is -2.29. The normalized spacial score (nSPS) is 12.2. The Bertz CT molecular complexity index is 856. The van der Waals surface area contributed by atoms with Crippen LogP contribution < -0.4 is 5.32 Å². The number of rotatable bonds is 14. The number of nitrogens with one attached hydrogen (secondary N) is 1. The molecular formula is C25H31NO7. The van der Waals surface area contributed by atoms with Crippen molar-refractivity contribution in [1.29, 1.82) is 0 Å². The molecule has 0 unspecified atom stereocenters. The summed E-state index contributed by atoms with van der Waals surface area (Å²) in [4.78, 5) is 22.7. The summed E-state index contributed by atoms with van der Waals surface area (Å²) < 4.78 is 26.3. The van der Waals surface area contributed by atoms with E-state index in [9.17, 15) is 9.59 Å². The predicted molar refractivity (Wildman–Crippen MR) is 122 cm³/mol. The van der Waals surface area contributed by atoms with Gasteiger partial charge in [0.05, 0.1) is 39.6 Å². The van der Waals surface area contributed by atoms with E-state index in [1.807, 2.05) is 24.3 Å². The Hall–Kier alpha value is -2.94. The molecule has 0 bridgehead atoms. The number of hydrogen-bond donors (Lipinski definition) is 1. The van der Waals surface area contributed by atoms with Crippen molar-refractivity contribution in [2.75, 3.05) is 59.4 Å². The van der Waals surface area contributed by atoms with E-state index in [2.05, 4.69) is 29.6 Å². The van der Waals surface area contributed by atoms with Gasteiger partial charge >= 0.3 is 12.1 Å². The van der Waals surface area contributed by atoms with E-state index in [1.54, 1.807) is 0 Å². The molecule has 8 nitrogen and oxygen atoms in total. The molecule has 0 heterocycles. The molecule has 0 radical (unpaired) electrons. The van der Waals surface area contributed by atoms with Gasteiger partial charge in [-0.1, -0.05) is 48.5 Å². The van der Waals surface area contributed by atoms with Crippen LogP contribution in [0.3, 0.4) is 0 Å². The molecule has 2 aromatic rings. The summed E-state index contributed by atoms with van der Waals surface area (Å²) >= 11 is 0. The van der Waals surface area contributed by atoms with Gasteiger partial charge < -0.3 is 29.0 Å². The molecular weight excluding hydrogens is 426 g/mol. The highest BCUT2D eigenvalue weighted by Crippen LogP contribution is 2.44. The third-order valence-corrected chi connectivity index (χ3v) is 5.14. The van der Waals surface area contributed by atoms with Crippen LogP contribution in [0.15, 0.2) is 48.5 Å². The first-order valence-electron chi connectivity index (χ1n) is 11.1. The van der Waals surface area contributed by atoms with Crippen LogP contribution in [0.4, 0.5) is 4.79 Å². The van der Waals surface area contributed by atoms with Crippen LogP contribution in [-0.2, 0) is 28.5 Å². The molecule has 2 aromatic carbocycles. The SMILES string of the molecule is CC(=O)OCCOCCOCCOCCNC(=O)OCC1c2ccccc2-c2ccccc21. The first kappa shape index (κ1) is 24.7. The van der Waals surface area contributed by atoms with Crippen molar-refractivity contribution in [3.05, 3.63) is 59.7 Å². The molecule has 1 N–H and O–H groups in total. The van der Waals surface area contributed by atoms with Gasteiger partial charge in [-0.15, -0.1) is 0 Å². The van der Waals surface area contributed by atoms with Crippen LogP contribution in [-0.4, -0.2) is 71.5 Å². The van der Waals surface area contributed by atoms with Crippen molar-refractivity contribution in [1.82, 2.24) is 5.32 Å². The Morgan fingerprint density at radius 3 is 1.82 bits per heavy atom. The van der Waals surface area contributed by atoms with E-state index in [1.165, 1.54) is 29.2 Å². The quantitative estimate of drug-likeness (QED) is 0.344. The second kappa shape index (κ2) is 13.6. The molecule has 1 aliphatic carbocycles. The fraction of sp³-hybridized carbons (Fsp3) is 0.440. The summed E-state index contributed by atoms with van der Waals surface area (Å²) in [7, 11) is 0. The molecule has 0 atom stereocenters. The molecule has 0 fully saturated rings. The fourth-order valence-corrected chi connectivity index (χ4v) is 3.66. The molecule has 0 saturated heterocycles. The number of esters is 1. The number of carbonyl (C=O) groups excluding carboxylic acids is 2. The molecule has 1 amide bonds. The fourth-order valence-electron chi connectivity index (χ4n) is 3.66. The van der Waals surface area contributed by atoms with E-state index in [0.29, 0.717) is 46.2 Å². The number of benzene rings is 2. The summed E-state index contributed by atoms with van der Waals surface area (Å²) in [6, 6.07) is 16.5. The summed E-state index contributed by atoms with van der Waals surface area (Å²) in [5.74, 6) is -0.276. The summed E-state index contributed by atoms with van der Waals surface area (Å²) in [5, 5.41) is 2.71. The average Bonchev–Trinajstić information content (AvgIpc) is 3.14.